The standard InChI is InChI=1S/C16H24N2O3/c1-2-12-10-18(15(20)17-14(12)19)11-13-6-9-16(21-13)7-4-3-5-8-16/h10,13H,2-9,11H2,1H3,(H,17,19,20). The van der Waals surface area contributed by atoms with Crippen molar-refractivity contribution in [2.75, 3.05) is 0 Å². The highest BCUT2D eigenvalue weighted by atomic mass is 16.5. The molecule has 3 rings (SSSR count). The lowest BCUT2D eigenvalue weighted by molar-refractivity contribution is -0.0683. The van der Waals surface area contributed by atoms with Crippen LogP contribution in [0.25, 0.3) is 0 Å². The molecule has 1 saturated carbocycles. The number of nitrogens with zero attached hydrogens (tertiary/aromatic N) is 1. The number of hydrogen-bond donors (Lipinski definition) is 1. The molecular weight excluding hydrogens is 268 g/mol. The summed E-state index contributed by atoms with van der Waals surface area (Å²) in [6.45, 7) is 2.47. The molecule has 5 heteroatoms. The van der Waals surface area contributed by atoms with Gasteiger partial charge in [0, 0.05) is 11.8 Å². The van der Waals surface area contributed by atoms with Crippen molar-refractivity contribution >= 4 is 0 Å². The van der Waals surface area contributed by atoms with E-state index in [2.05, 4.69) is 4.98 Å². The minimum atomic E-state index is -0.328. The van der Waals surface area contributed by atoms with Gasteiger partial charge in [-0.15, -0.1) is 0 Å². The van der Waals surface area contributed by atoms with E-state index in [4.69, 9.17) is 4.74 Å². The third kappa shape index (κ3) is 2.98. The van der Waals surface area contributed by atoms with Gasteiger partial charge in [0.1, 0.15) is 0 Å². The molecule has 1 atom stereocenters. The normalized spacial score (nSPS) is 24.5. The molecule has 2 fully saturated rings. The van der Waals surface area contributed by atoms with Crippen LogP contribution in [0.3, 0.4) is 0 Å². The number of aryl methyl sites for hydroxylation is 1. The van der Waals surface area contributed by atoms with Crippen molar-refractivity contribution in [3.8, 4) is 0 Å². The van der Waals surface area contributed by atoms with Crippen LogP contribution in [0, 0.1) is 0 Å². The van der Waals surface area contributed by atoms with Crippen LogP contribution in [-0.4, -0.2) is 21.3 Å². The fourth-order valence-corrected chi connectivity index (χ4v) is 3.75. The van der Waals surface area contributed by atoms with Crippen molar-refractivity contribution in [2.24, 2.45) is 0 Å². The Morgan fingerprint density at radius 1 is 1.29 bits per heavy atom. The lowest BCUT2D eigenvalue weighted by Crippen LogP contribution is -2.36. The van der Waals surface area contributed by atoms with E-state index in [0.29, 0.717) is 18.5 Å². The molecule has 21 heavy (non-hydrogen) atoms. The smallest absolute Gasteiger partial charge is 0.328 e. The quantitative estimate of drug-likeness (QED) is 0.926. The number of H-pyrrole nitrogens is 1. The van der Waals surface area contributed by atoms with Crippen molar-refractivity contribution < 1.29 is 4.74 Å². The maximum Gasteiger partial charge on any atom is 0.328 e. The average molecular weight is 292 g/mol. The summed E-state index contributed by atoms with van der Waals surface area (Å²) in [6, 6.07) is 0. The Morgan fingerprint density at radius 2 is 2.05 bits per heavy atom. The van der Waals surface area contributed by atoms with Gasteiger partial charge in [-0.25, -0.2) is 4.79 Å². The molecule has 2 aliphatic rings. The van der Waals surface area contributed by atoms with Gasteiger partial charge in [-0.05, 0) is 32.1 Å². The van der Waals surface area contributed by atoms with E-state index >= 15 is 0 Å². The topological polar surface area (TPSA) is 64.1 Å². The summed E-state index contributed by atoms with van der Waals surface area (Å²) in [7, 11) is 0. The molecule has 2 heterocycles. The first-order chi connectivity index (χ1) is 10.1. The maximum absolute atomic E-state index is 11.9. The van der Waals surface area contributed by atoms with Gasteiger partial charge < -0.3 is 4.74 Å². The zero-order valence-electron chi connectivity index (χ0n) is 12.7. The van der Waals surface area contributed by atoms with Crippen LogP contribution in [0.2, 0.25) is 0 Å². The maximum atomic E-state index is 11.9. The Bertz CT molecular complexity index is 611. The van der Waals surface area contributed by atoms with Crippen LogP contribution < -0.4 is 11.2 Å². The lowest BCUT2D eigenvalue weighted by atomic mass is 9.83. The predicted octanol–water partition coefficient (Wildman–Crippen LogP) is 1.98. The highest BCUT2D eigenvalue weighted by molar-refractivity contribution is 5.04. The van der Waals surface area contributed by atoms with E-state index < -0.39 is 0 Å². The molecule has 1 aliphatic heterocycles. The fourth-order valence-electron chi connectivity index (χ4n) is 3.75. The van der Waals surface area contributed by atoms with Gasteiger partial charge in [-0.3, -0.25) is 14.3 Å². The average Bonchev–Trinajstić information content (AvgIpc) is 2.85. The molecular formula is C16H24N2O3. The molecule has 0 radical (unpaired) electrons. The zero-order chi connectivity index (χ0) is 14.9. The van der Waals surface area contributed by atoms with Gasteiger partial charge >= 0.3 is 5.69 Å². The number of ether oxygens (including phenoxy) is 1. The van der Waals surface area contributed by atoms with Crippen molar-refractivity contribution in [1.82, 2.24) is 9.55 Å². The van der Waals surface area contributed by atoms with E-state index in [9.17, 15) is 9.59 Å². The highest BCUT2D eigenvalue weighted by Crippen LogP contribution is 2.42. The molecule has 1 aromatic heterocycles. The molecule has 1 unspecified atom stereocenters. The van der Waals surface area contributed by atoms with Gasteiger partial charge in [0.25, 0.3) is 5.56 Å². The van der Waals surface area contributed by atoms with Gasteiger partial charge in [0.15, 0.2) is 0 Å². The van der Waals surface area contributed by atoms with E-state index in [0.717, 1.165) is 25.7 Å². The third-order valence-electron chi connectivity index (χ3n) is 4.97. The fraction of sp³-hybridized carbons (Fsp3) is 0.750. The SMILES string of the molecule is CCc1cn(CC2CCC3(CCCCC3)O2)c(=O)[nH]c1=O. The van der Waals surface area contributed by atoms with Crippen LogP contribution in [0.15, 0.2) is 15.8 Å². The Balaban J connectivity index is 1.73. The Morgan fingerprint density at radius 3 is 2.76 bits per heavy atom. The number of aromatic nitrogens is 2. The van der Waals surface area contributed by atoms with Gasteiger partial charge in [0.05, 0.1) is 18.2 Å². The van der Waals surface area contributed by atoms with Crippen molar-refractivity contribution in [1.29, 1.82) is 0 Å². The summed E-state index contributed by atoms with van der Waals surface area (Å²) in [5, 5.41) is 0. The predicted molar refractivity (Wildman–Crippen MR) is 80.6 cm³/mol. The minimum absolute atomic E-state index is 0.0717. The van der Waals surface area contributed by atoms with E-state index in [1.54, 1.807) is 10.8 Å². The van der Waals surface area contributed by atoms with Crippen LogP contribution in [0.4, 0.5) is 0 Å². The molecule has 0 aromatic carbocycles. The van der Waals surface area contributed by atoms with Crippen LogP contribution in [0.1, 0.15) is 57.4 Å². The molecule has 1 aromatic rings. The molecule has 1 spiro atoms. The highest BCUT2D eigenvalue weighted by Gasteiger charge is 2.40. The first kappa shape index (κ1) is 14.6. The minimum Gasteiger partial charge on any atom is -0.370 e. The Hall–Kier alpha value is -1.36. The second kappa shape index (κ2) is 5.79. The molecule has 116 valence electrons. The zero-order valence-corrected chi connectivity index (χ0v) is 12.7. The van der Waals surface area contributed by atoms with E-state index in [1.165, 1.54) is 19.3 Å². The Kier molecular flexibility index (Phi) is 4.02. The van der Waals surface area contributed by atoms with Gasteiger partial charge in [0.2, 0.25) is 0 Å². The molecule has 0 amide bonds. The summed E-state index contributed by atoms with van der Waals surface area (Å²) in [5.74, 6) is 0. The molecule has 1 N–H and O–H groups in total. The monoisotopic (exact) mass is 292 g/mol. The molecule has 0 bridgehead atoms. The third-order valence-corrected chi connectivity index (χ3v) is 4.97. The molecule has 1 aliphatic carbocycles. The molecule has 1 saturated heterocycles. The first-order valence-electron chi connectivity index (χ1n) is 8.12. The number of rotatable bonds is 3. The number of aromatic amines is 1. The van der Waals surface area contributed by atoms with Crippen LogP contribution in [-0.2, 0) is 17.7 Å². The summed E-state index contributed by atoms with van der Waals surface area (Å²) in [5.41, 5.74) is 0.127. The molecule has 5 nitrogen and oxygen atoms in total. The van der Waals surface area contributed by atoms with Crippen molar-refractivity contribution in [3.63, 3.8) is 0 Å². The number of nitrogens with one attached hydrogen (secondary N) is 1. The first-order valence-corrected chi connectivity index (χ1v) is 8.12. The second-order valence-corrected chi connectivity index (χ2v) is 6.44. The number of hydrogen-bond acceptors (Lipinski definition) is 3. The lowest BCUT2D eigenvalue weighted by Gasteiger charge is -2.33. The summed E-state index contributed by atoms with van der Waals surface area (Å²) >= 11 is 0. The van der Waals surface area contributed by atoms with Crippen molar-refractivity contribution in [2.45, 2.75) is 76.5 Å². The largest absolute Gasteiger partial charge is 0.370 e. The van der Waals surface area contributed by atoms with E-state index in [-0.39, 0.29) is 23.0 Å². The van der Waals surface area contributed by atoms with Gasteiger partial charge in [-0.2, -0.15) is 0 Å². The second-order valence-electron chi connectivity index (χ2n) is 6.44. The summed E-state index contributed by atoms with van der Waals surface area (Å²) in [6.07, 6.45) is 10.7. The van der Waals surface area contributed by atoms with Gasteiger partial charge in [-0.1, -0.05) is 26.2 Å². The Labute approximate surface area is 124 Å². The summed E-state index contributed by atoms with van der Waals surface area (Å²) in [4.78, 5) is 25.9. The van der Waals surface area contributed by atoms with Crippen LogP contribution >= 0.6 is 0 Å². The van der Waals surface area contributed by atoms with Crippen molar-refractivity contribution in [3.05, 3.63) is 32.6 Å². The van der Waals surface area contributed by atoms with E-state index in [1.807, 2.05) is 6.92 Å². The van der Waals surface area contributed by atoms with Crippen LogP contribution in [0.5, 0.6) is 0 Å². The summed E-state index contributed by atoms with van der Waals surface area (Å²) < 4.78 is 7.90.